The van der Waals surface area contributed by atoms with Crippen molar-refractivity contribution < 1.29 is 13.2 Å². The van der Waals surface area contributed by atoms with Crippen LogP contribution in [0.3, 0.4) is 0 Å². The molecule has 0 bridgehead atoms. The second-order valence-electron chi connectivity index (χ2n) is 4.26. The molecule has 2 rings (SSSR count). The van der Waals surface area contributed by atoms with Crippen molar-refractivity contribution in [2.45, 2.75) is 12.2 Å². The Morgan fingerprint density at radius 3 is 2.15 bits per heavy atom. The summed E-state index contributed by atoms with van der Waals surface area (Å²) in [5.41, 5.74) is 6.74. The predicted molar refractivity (Wildman–Crippen MR) is 76.6 cm³/mol. The van der Waals surface area contributed by atoms with E-state index in [0.717, 1.165) is 22.2 Å². The topological polar surface area (TPSA) is 26.0 Å². The zero-order chi connectivity index (χ0) is 14.9. The zero-order valence-corrected chi connectivity index (χ0v) is 12.4. The Balaban J connectivity index is 2.31. The summed E-state index contributed by atoms with van der Waals surface area (Å²) in [7, 11) is 0. The summed E-state index contributed by atoms with van der Waals surface area (Å²) in [4.78, 5) is 0. The molecule has 2 aromatic rings. The van der Waals surface area contributed by atoms with E-state index in [1.54, 1.807) is 18.2 Å². The van der Waals surface area contributed by atoms with Gasteiger partial charge in [0.15, 0.2) is 0 Å². The zero-order valence-electron chi connectivity index (χ0n) is 10.1. The minimum absolute atomic E-state index is 0.524. The first-order valence-electron chi connectivity index (χ1n) is 5.66. The molecule has 6 heteroatoms. The first-order chi connectivity index (χ1) is 9.29. The molecule has 106 valence electrons. The molecule has 0 amide bonds. The van der Waals surface area contributed by atoms with Crippen molar-refractivity contribution in [1.82, 2.24) is 0 Å². The molecule has 0 spiro atoms. The summed E-state index contributed by atoms with van der Waals surface area (Å²) < 4.78 is 38.2. The fourth-order valence-electron chi connectivity index (χ4n) is 1.81. The molecule has 1 unspecified atom stereocenters. The average molecular weight is 365 g/mol. The molecule has 0 aliphatic rings. The third kappa shape index (κ3) is 3.34. The van der Waals surface area contributed by atoms with Crippen LogP contribution in [0, 0.1) is 0 Å². The molecular formula is C14H10BrClF3N. The van der Waals surface area contributed by atoms with Gasteiger partial charge in [-0.05, 0) is 35.4 Å². The molecule has 0 heterocycles. The maximum Gasteiger partial charge on any atom is 0.416 e. The number of benzene rings is 2. The third-order valence-electron chi connectivity index (χ3n) is 2.89. The molecule has 2 N–H and O–H groups in total. The van der Waals surface area contributed by atoms with Gasteiger partial charge in [-0.25, -0.2) is 0 Å². The van der Waals surface area contributed by atoms with Crippen LogP contribution in [0.25, 0.3) is 0 Å². The van der Waals surface area contributed by atoms with Gasteiger partial charge in [-0.15, -0.1) is 0 Å². The SMILES string of the molecule is NC(c1ccc(C(F)(F)F)cc1)c1ccc(Cl)cc1Br. The highest BCUT2D eigenvalue weighted by Gasteiger charge is 2.30. The van der Waals surface area contributed by atoms with Crippen molar-refractivity contribution in [1.29, 1.82) is 0 Å². The van der Waals surface area contributed by atoms with E-state index >= 15 is 0 Å². The van der Waals surface area contributed by atoms with Crippen LogP contribution in [0.2, 0.25) is 5.02 Å². The molecule has 1 nitrogen and oxygen atoms in total. The number of hydrogen-bond acceptors (Lipinski definition) is 1. The van der Waals surface area contributed by atoms with Crippen LogP contribution in [0.15, 0.2) is 46.9 Å². The fraction of sp³-hybridized carbons (Fsp3) is 0.143. The van der Waals surface area contributed by atoms with Gasteiger partial charge >= 0.3 is 6.18 Å². The molecule has 2 aromatic carbocycles. The van der Waals surface area contributed by atoms with E-state index in [0.29, 0.717) is 10.6 Å². The maximum absolute atomic E-state index is 12.5. The van der Waals surface area contributed by atoms with Gasteiger partial charge < -0.3 is 5.73 Å². The van der Waals surface area contributed by atoms with Crippen LogP contribution in [-0.4, -0.2) is 0 Å². The number of alkyl halides is 3. The van der Waals surface area contributed by atoms with E-state index in [1.807, 2.05) is 0 Å². The van der Waals surface area contributed by atoms with E-state index in [9.17, 15) is 13.2 Å². The van der Waals surface area contributed by atoms with Gasteiger partial charge in [0.05, 0.1) is 11.6 Å². The van der Waals surface area contributed by atoms with Crippen molar-refractivity contribution >= 4 is 27.5 Å². The average Bonchev–Trinajstić information content (AvgIpc) is 2.37. The molecule has 0 fully saturated rings. The summed E-state index contributed by atoms with van der Waals surface area (Å²) >= 11 is 9.19. The van der Waals surface area contributed by atoms with Gasteiger partial charge in [-0.3, -0.25) is 0 Å². The minimum Gasteiger partial charge on any atom is -0.320 e. The molecule has 0 radical (unpaired) electrons. The van der Waals surface area contributed by atoms with Gasteiger partial charge in [0, 0.05) is 9.50 Å². The Hall–Kier alpha value is -1.04. The third-order valence-corrected chi connectivity index (χ3v) is 3.82. The number of halogens is 5. The second kappa shape index (κ2) is 5.76. The monoisotopic (exact) mass is 363 g/mol. The van der Waals surface area contributed by atoms with Gasteiger partial charge in [0.2, 0.25) is 0 Å². The van der Waals surface area contributed by atoms with E-state index in [-0.39, 0.29) is 0 Å². The van der Waals surface area contributed by atoms with Gasteiger partial charge in [-0.1, -0.05) is 45.7 Å². The lowest BCUT2D eigenvalue weighted by molar-refractivity contribution is -0.137. The molecule has 20 heavy (non-hydrogen) atoms. The minimum atomic E-state index is -4.34. The summed E-state index contributed by atoms with van der Waals surface area (Å²) in [5, 5.41) is 0.556. The Morgan fingerprint density at radius 1 is 1.05 bits per heavy atom. The van der Waals surface area contributed by atoms with Crippen molar-refractivity contribution in [2.24, 2.45) is 5.73 Å². The highest BCUT2D eigenvalue weighted by Crippen LogP contribution is 2.32. The second-order valence-corrected chi connectivity index (χ2v) is 5.55. The maximum atomic E-state index is 12.5. The summed E-state index contributed by atoms with van der Waals surface area (Å²) in [6, 6.07) is 9.42. The van der Waals surface area contributed by atoms with E-state index in [1.165, 1.54) is 12.1 Å². The normalized spacial score (nSPS) is 13.3. The number of nitrogens with two attached hydrogens (primary N) is 1. The Labute approximate surface area is 127 Å². The molecule has 0 aliphatic heterocycles. The van der Waals surface area contributed by atoms with Gasteiger partial charge in [0.25, 0.3) is 0 Å². The van der Waals surface area contributed by atoms with Crippen molar-refractivity contribution in [2.75, 3.05) is 0 Å². The fourth-order valence-corrected chi connectivity index (χ4v) is 2.74. The standard InChI is InChI=1S/C14H10BrClF3N/c15-12-7-10(16)5-6-11(12)13(20)8-1-3-9(4-2-8)14(17,18)19/h1-7,13H,20H2. The lowest BCUT2D eigenvalue weighted by Gasteiger charge is -2.15. The van der Waals surface area contributed by atoms with Crippen LogP contribution in [0.4, 0.5) is 13.2 Å². The van der Waals surface area contributed by atoms with Crippen LogP contribution >= 0.6 is 27.5 Å². The van der Waals surface area contributed by atoms with Crippen LogP contribution < -0.4 is 5.73 Å². The molecule has 0 aliphatic carbocycles. The first kappa shape index (κ1) is 15.4. The molecule has 0 aromatic heterocycles. The van der Waals surface area contributed by atoms with Crippen molar-refractivity contribution in [3.05, 3.63) is 68.7 Å². The lowest BCUT2D eigenvalue weighted by atomic mass is 9.98. The van der Waals surface area contributed by atoms with E-state index in [4.69, 9.17) is 17.3 Å². The predicted octanol–water partition coefficient (Wildman–Crippen LogP) is 5.17. The smallest absolute Gasteiger partial charge is 0.320 e. The molecular weight excluding hydrogens is 355 g/mol. The van der Waals surface area contributed by atoms with Crippen LogP contribution in [-0.2, 0) is 6.18 Å². The number of hydrogen-bond donors (Lipinski definition) is 1. The first-order valence-corrected chi connectivity index (χ1v) is 6.84. The Kier molecular flexibility index (Phi) is 4.42. The van der Waals surface area contributed by atoms with Crippen LogP contribution in [0.5, 0.6) is 0 Å². The largest absolute Gasteiger partial charge is 0.416 e. The molecule has 1 atom stereocenters. The van der Waals surface area contributed by atoms with Gasteiger partial charge in [-0.2, -0.15) is 13.2 Å². The van der Waals surface area contributed by atoms with Crippen molar-refractivity contribution in [3.63, 3.8) is 0 Å². The van der Waals surface area contributed by atoms with Gasteiger partial charge in [0.1, 0.15) is 0 Å². The summed E-state index contributed by atoms with van der Waals surface area (Å²) in [6.07, 6.45) is -4.34. The quantitative estimate of drug-likeness (QED) is 0.782. The van der Waals surface area contributed by atoms with E-state index < -0.39 is 17.8 Å². The van der Waals surface area contributed by atoms with E-state index in [2.05, 4.69) is 15.9 Å². The van der Waals surface area contributed by atoms with Crippen molar-refractivity contribution in [3.8, 4) is 0 Å². The highest BCUT2D eigenvalue weighted by molar-refractivity contribution is 9.10. The summed E-state index contributed by atoms with van der Waals surface area (Å²) in [5.74, 6) is 0. The highest BCUT2D eigenvalue weighted by atomic mass is 79.9. The van der Waals surface area contributed by atoms with Crippen LogP contribution in [0.1, 0.15) is 22.7 Å². The Bertz CT molecular complexity index is 611. The molecule has 0 saturated carbocycles. The Morgan fingerprint density at radius 2 is 1.65 bits per heavy atom. The summed E-state index contributed by atoms with van der Waals surface area (Å²) in [6.45, 7) is 0. The number of rotatable bonds is 2. The lowest BCUT2D eigenvalue weighted by Crippen LogP contribution is -2.13. The molecule has 0 saturated heterocycles.